The van der Waals surface area contributed by atoms with Crippen LogP contribution in [0, 0.1) is 0 Å². The van der Waals surface area contributed by atoms with Gasteiger partial charge in [0.25, 0.3) is 11.8 Å². The highest BCUT2D eigenvalue weighted by Gasteiger charge is 2.21. The average molecular weight is 374 g/mol. The number of nitrogens with zero attached hydrogens (tertiary/aromatic N) is 2. The fourth-order valence-corrected chi connectivity index (χ4v) is 2.89. The minimum Gasteiger partial charge on any atom is -0.467 e. The number of amides is 2. The van der Waals surface area contributed by atoms with E-state index in [-0.39, 0.29) is 29.9 Å². The molecule has 0 saturated heterocycles. The first kappa shape index (κ1) is 17.5. The quantitative estimate of drug-likeness (QED) is 0.543. The van der Waals surface area contributed by atoms with Crippen LogP contribution in [0.25, 0.3) is 5.52 Å². The molecule has 0 aliphatic rings. The first-order chi connectivity index (χ1) is 13.7. The lowest BCUT2D eigenvalue weighted by Gasteiger charge is -2.04. The number of rotatable bonds is 6. The molecule has 2 N–H and O–H groups in total. The lowest BCUT2D eigenvalue weighted by molar-refractivity contribution is 0.0939. The summed E-state index contributed by atoms with van der Waals surface area (Å²) in [7, 11) is 0. The second kappa shape index (κ2) is 7.79. The monoisotopic (exact) mass is 374 g/mol. The predicted molar refractivity (Wildman–Crippen MR) is 103 cm³/mol. The van der Waals surface area contributed by atoms with Gasteiger partial charge in [-0.25, -0.2) is 4.98 Å². The molecule has 3 aromatic heterocycles. The number of pyridine rings is 1. The van der Waals surface area contributed by atoms with Crippen LogP contribution in [0.3, 0.4) is 0 Å². The van der Waals surface area contributed by atoms with E-state index in [0.717, 1.165) is 5.56 Å². The molecule has 0 saturated carbocycles. The maximum absolute atomic E-state index is 12.7. The summed E-state index contributed by atoms with van der Waals surface area (Å²) in [6.45, 7) is 0.620. The molecular weight excluding hydrogens is 356 g/mol. The number of carbonyl (C=O) groups is 2. The molecule has 28 heavy (non-hydrogen) atoms. The molecule has 3 heterocycles. The smallest absolute Gasteiger partial charge is 0.287 e. The molecule has 0 spiro atoms. The summed E-state index contributed by atoms with van der Waals surface area (Å²) in [4.78, 5) is 29.6. The van der Waals surface area contributed by atoms with Gasteiger partial charge in [-0.15, -0.1) is 0 Å². The molecule has 2 amide bonds. The van der Waals surface area contributed by atoms with Gasteiger partial charge in [0.1, 0.15) is 5.76 Å². The number of nitrogens with one attached hydrogen (secondary N) is 2. The molecule has 4 rings (SSSR count). The fraction of sp³-hybridized carbons (Fsp3) is 0.0952. The molecule has 4 aromatic rings. The zero-order chi connectivity index (χ0) is 19.3. The van der Waals surface area contributed by atoms with E-state index in [0.29, 0.717) is 17.8 Å². The number of furan rings is 1. The summed E-state index contributed by atoms with van der Waals surface area (Å²) >= 11 is 0. The zero-order valence-electron chi connectivity index (χ0n) is 15.0. The van der Waals surface area contributed by atoms with Gasteiger partial charge in [-0.3, -0.25) is 14.0 Å². The molecule has 140 valence electrons. The Labute approximate surface area is 161 Å². The van der Waals surface area contributed by atoms with Gasteiger partial charge in [0.15, 0.2) is 5.69 Å². The lowest BCUT2D eigenvalue weighted by Crippen LogP contribution is -2.25. The fourth-order valence-electron chi connectivity index (χ4n) is 2.89. The number of hydrogen-bond donors (Lipinski definition) is 2. The van der Waals surface area contributed by atoms with E-state index in [1.54, 1.807) is 47.2 Å². The van der Waals surface area contributed by atoms with Crippen LogP contribution < -0.4 is 10.6 Å². The Bertz CT molecular complexity index is 1100. The van der Waals surface area contributed by atoms with Gasteiger partial charge in [-0.05, 0) is 29.8 Å². The van der Waals surface area contributed by atoms with Gasteiger partial charge >= 0.3 is 0 Å². The number of benzene rings is 1. The van der Waals surface area contributed by atoms with Crippen LogP contribution in [-0.4, -0.2) is 21.2 Å². The standard InChI is InChI=1S/C21H18N4O3/c26-20(23-14-16-9-6-12-28-16)18-17-10-4-5-11-25(17)19(24-18)21(27)22-13-15-7-2-1-3-8-15/h1-12H,13-14H2,(H,22,27)(H,23,26). The third kappa shape index (κ3) is 3.64. The van der Waals surface area contributed by atoms with Crippen molar-refractivity contribution in [1.82, 2.24) is 20.0 Å². The number of fused-ring (bicyclic) bond motifs is 1. The van der Waals surface area contributed by atoms with Gasteiger partial charge in [-0.2, -0.15) is 0 Å². The topological polar surface area (TPSA) is 88.6 Å². The first-order valence-electron chi connectivity index (χ1n) is 8.82. The summed E-state index contributed by atoms with van der Waals surface area (Å²) < 4.78 is 6.83. The zero-order valence-corrected chi connectivity index (χ0v) is 15.0. The van der Waals surface area contributed by atoms with Crippen molar-refractivity contribution in [3.8, 4) is 0 Å². The minimum absolute atomic E-state index is 0.162. The predicted octanol–water partition coefficient (Wildman–Crippen LogP) is 2.79. The highest BCUT2D eigenvalue weighted by atomic mass is 16.3. The second-order valence-corrected chi connectivity index (χ2v) is 6.17. The Morgan fingerprint density at radius 1 is 0.893 bits per heavy atom. The molecule has 0 radical (unpaired) electrons. The van der Waals surface area contributed by atoms with Crippen molar-refractivity contribution in [2.24, 2.45) is 0 Å². The second-order valence-electron chi connectivity index (χ2n) is 6.17. The molecule has 0 aliphatic carbocycles. The number of hydrogen-bond acceptors (Lipinski definition) is 4. The van der Waals surface area contributed by atoms with E-state index in [2.05, 4.69) is 15.6 Å². The first-order valence-corrected chi connectivity index (χ1v) is 8.82. The van der Waals surface area contributed by atoms with E-state index in [4.69, 9.17) is 4.42 Å². The number of aromatic nitrogens is 2. The van der Waals surface area contributed by atoms with Crippen LogP contribution in [-0.2, 0) is 13.1 Å². The summed E-state index contributed by atoms with van der Waals surface area (Å²) in [5.74, 6) is 0.0738. The van der Waals surface area contributed by atoms with Gasteiger partial charge < -0.3 is 15.1 Å². The van der Waals surface area contributed by atoms with Crippen molar-refractivity contribution in [2.45, 2.75) is 13.1 Å². The van der Waals surface area contributed by atoms with Crippen molar-refractivity contribution >= 4 is 17.3 Å². The lowest BCUT2D eigenvalue weighted by atomic mass is 10.2. The van der Waals surface area contributed by atoms with Crippen LogP contribution in [0.15, 0.2) is 77.5 Å². The molecule has 1 aromatic carbocycles. The van der Waals surface area contributed by atoms with Crippen molar-refractivity contribution < 1.29 is 14.0 Å². The Kier molecular flexibility index (Phi) is 4.88. The average Bonchev–Trinajstić information content (AvgIpc) is 3.39. The Morgan fingerprint density at radius 3 is 2.46 bits per heavy atom. The largest absolute Gasteiger partial charge is 0.467 e. The van der Waals surface area contributed by atoms with E-state index in [9.17, 15) is 9.59 Å². The molecular formula is C21H18N4O3. The SMILES string of the molecule is O=C(NCc1ccco1)c1nc(C(=O)NCc2ccccc2)n2ccccc12. The number of imidazole rings is 1. The van der Waals surface area contributed by atoms with Crippen molar-refractivity contribution in [3.63, 3.8) is 0 Å². The summed E-state index contributed by atoms with van der Waals surface area (Å²) in [6.07, 6.45) is 3.26. The van der Waals surface area contributed by atoms with Crippen molar-refractivity contribution in [2.75, 3.05) is 0 Å². The molecule has 0 atom stereocenters. The van der Waals surface area contributed by atoms with E-state index in [1.807, 2.05) is 30.3 Å². The Balaban J connectivity index is 1.55. The Morgan fingerprint density at radius 2 is 1.68 bits per heavy atom. The minimum atomic E-state index is -0.373. The summed E-state index contributed by atoms with van der Waals surface area (Å²) in [5, 5.41) is 5.61. The molecule has 0 bridgehead atoms. The highest BCUT2D eigenvalue weighted by Crippen LogP contribution is 2.14. The maximum atomic E-state index is 12.7. The molecule has 7 heteroatoms. The van der Waals surface area contributed by atoms with Crippen LogP contribution in [0.5, 0.6) is 0 Å². The Hall–Kier alpha value is -3.87. The highest BCUT2D eigenvalue weighted by molar-refractivity contribution is 6.02. The number of carbonyl (C=O) groups excluding carboxylic acids is 2. The third-order valence-corrected chi connectivity index (χ3v) is 4.27. The molecule has 0 unspecified atom stereocenters. The van der Waals surface area contributed by atoms with Crippen molar-refractivity contribution in [3.05, 3.63) is 96.0 Å². The van der Waals surface area contributed by atoms with Crippen LogP contribution in [0.4, 0.5) is 0 Å². The van der Waals surface area contributed by atoms with Gasteiger partial charge in [0, 0.05) is 12.7 Å². The van der Waals surface area contributed by atoms with E-state index < -0.39 is 0 Å². The van der Waals surface area contributed by atoms with Gasteiger partial charge in [-0.1, -0.05) is 36.4 Å². The van der Waals surface area contributed by atoms with Crippen LogP contribution >= 0.6 is 0 Å². The van der Waals surface area contributed by atoms with Gasteiger partial charge in [0.2, 0.25) is 5.82 Å². The van der Waals surface area contributed by atoms with E-state index in [1.165, 1.54) is 0 Å². The summed E-state index contributed by atoms with van der Waals surface area (Å²) in [5.41, 5.74) is 1.73. The molecule has 0 fully saturated rings. The van der Waals surface area contributed by atoms with Crippen molar-refractivity contribution in [1.29, 1.82) is 0 Å². The maximum Gasteiger partial charge on any atom is 0.287 e. The molecule has 7 nitrogen and oxygen atoms in total. The summed E-state index contributed by atoms with van der Waals surface area (Å²) in [6, 6.07) is 18.5. The third-order valence-electron chi connectivity index (χ3n) is 4.27. The van der Waals surface area contributed by atoms with Crippen LogP contribution in [0.2, 0.25) is 0 Å². The van der Waals surface area contributed by atoms with Crippen LogP contribution in [0.1, 0.15) is 32.4 Å². The van der Waals surface area contributed by atoms with E-state index >= 15 is 0 Å². The normalized spacial score (nSPS) is 10.7. The van der Waals surface area contributed by atoms with Gasteiger partial charge in [0.05, 0.1) is 18.3 Å². The molecule has 0 aliphatic heterocycles.